The fourth-order valence-corrected chi connectivity index (χ4v) is 4.43. The third-order valence-electron chi connectivity index (χ3n) is 5.94. The molecule has 2 aliphatic heterocycles. The van der Waals surface area contributed by atoms with E-state index in [-0.39, 0.29) is 17.8 Å². The molecule has 0 aliphatic carbocycles. The second-order valence-corrected chi connectivity index (χ2v) is 7.95. The van der Waals surface area contributed by atoms with Gasteiger partial charge in [-0.3, -0.25) is 14.6 Å². The highest BCUT2D eigenvalue weighted by Crippen LogP contribution is 2.32. The summed E-state index contributed by atoms with van der Waals surface area (Å²) in [6.07, 6.45) is 0.922. The lowest BCUT2D eigenvalue weighted by atomic mass is 10.1. The summed E-state index contributed by atoms with van der Waals surface area (Å²) >= 11 is 0. The number of carbonyl (C=O) groups excluding carboxylic acids is 1. The van der Waals surface area contributed by atoms with E-state index in [2.05, 4.69) is 22.8 Å². The van der Waals surface area contributed by atoms with Crippen molar-refractivity contribution < 1.29 is 13.9 Å². The predicted molar refractivity (Wildman–Crippen MR) is 112 cm³/mol. The van der Waals surface area contributed by atoms with E-state index in [1.165, 1.54) is 11.6 Å². The third kappa shape index (κ3) is 4.28. The quantitative estimate of drug-likeness (QED) is 0.777. The number of fused-ring (bicyclic) bond motifs is 1. The fraction of sp³-hybridized carbons (Fsp3) is 0.435. The van der Waals surface area contributed by atoms with Crippen LogP contribution in [0, 0.1) is 5.82 Å². The molecule has 1 saturated heterocycles. The van der Waals surface area contributed by atoms with Crippen LogP contribution in [-0.4, -0.2) is 61.6 Å². The second kappa shape index (κ2) is 8.51. The number of nitrogens with zero attached hydrogens (tertiary/aromatic N) is 3. The summed E-state index contributed by atoms with van der Waals surface area (Å²) in [6.45, 7) is 6.55. The van der Waals surface area contributed by atoms with Gasteiger partial charge in [0.15, 0.2) is 0 Å². The van der Waals surface area contributed by atoms with Gasteiger partial charge < -0.3 is 9.64 Å². The molecule has 0 aromatic heterocycles. The topological polar surface area (TPSA) is 36.0 Å². The van der Waals surface area contributed by atoms with Crippen LogP contribution in [0.4, 0.5) is 10.1 Å². The number of amides is 1. The molecule has 1 atom stereocenters. The van der Waals surface area contributed by atoms with Gasteiger partial charge in [-0.1, -0.05) is 18.2 Å². The molecule has 4 rings (SSSR count). The summed E-state index contributed by atoms with van der Waals surface area (Å²) in [7, 11) is 1.61. The minimum atomic E-state index is -0.245. The lowest BCUT2D eigenvalue weighted by molar-refractivity contribution is -0.120. The maximum absolute atomic E-state index is 13.6. The van der Waals surface area contributed by atoms with Gasteiger partial charge in [0.2, 0.25) is 5.91 Å². The van der Waals surface area contributed by atoms with Crippen molar-refractivity contribution in [3.05, 3.63) is 59.4 Å². The molecular formula is C23H28FN3O2. The van der Waals surface area contributed by atoms with Crippen LogP contribution >= 0.6 is 0 Å². The Bertz CT molecular complexity index is 880. The first-order chi connectivity index (χ1) is 14.0. The predicted octanol–water partition coefficient (Wildman–Crippen LogP) is 2.93. The summed E-state index contributed by atoms with van der Waals surface area (Å²) < 4.78 is 19.0. The Morgan fingerprint density at radius 1 is 1.10 bits per heavy atom. The Hall–Kier alpha value is -2.44. The molecule has 1 fully saturated rings. The fourth-order valence-electron chi connectivity index (χ4n) is 4.43. The Kier molecular flexibility index (Phi) is 5.83. The van der Waals surface area contributed by atoms with Crippen LogP contribution in [-0.2, 0) is 17.8 Å². The molecule has 0 unspecified atom stereocenters. The highest BCUT2D eigenvalue weighted by atomic mass is 19.1. The number of ether oxygens (including phenoxy) is 1. The van der Waals surface area contributed by atoms with Crippen LogP contribution in [0.5, 0.6) is 5.75 Å². The highest BCUT2D eigenvalue weighted by Gasteiger charge is 2.31. The first kappa shape index (κ1) is 19.9. The standard InChI is InChI=1S/C23H28FN3O2/c1-17-13-18-5-3-4-6-21(18)27(17)23(28)16-26-11-9-25(10-12-26)15-19-14-20(24)7-8-22(19)29-2/h3-8,14,17H,9-13,15-16H2,1-2H3/t17-/m0/s1. The molecule has 2 aliphatic rings. The zero-order chi connectivity index (χ0) is 20.4. The van der Waals surface area contributed by atoms with Crippen molar-refractivity contribution in [1.82, 2.24) is 9.80 Å². The number of hydrogen-bond donors (Lipinski definition) is 0. The maximum atomic E-state index is 13.6. The molecule has 154 valence electrons. The first-order valence-electron chi connectivity index (χ1n) is 10.2. The molecule has 0 radical (unpaired) electrons. The molecule has 0 N–H and O–H groups in total. The van der Waals surface area contributed by atoms with Crippen molar-refractivity contribution in [2.24, 2.45) is 0 Å². The highest BCUT2D eigenvalue weighted by molar-refractivity contribution is 5.97. The Balaban J connectivity index is 1.33. The number of hydrogen-bond acceptors (Lipinski definition) is 4. The lowest BCUT2D eigenvalue weighted by Gasteiger charge is -2.35. The number of benzene rings is 2. The van der Waals surface area contributed by atoms with Gasteiger partial charge >= 0.3 is 0 Å². The van der Waals surface area contributed by atoms with Gasteiger partial charge in [0, 0.05) is 50.0 Å². The van der Waals surface area contributed by atoms with Crippen LogP contribution in [0.3, 0.4) is 0 Å². The van der Waals surface area contributed by atoms with E-state index in [0.29, 0.717) is 18.8 Å². The Morgan fingerprint density at radius 3 is 2.59 bits per heavy atom. The van der Waals surface area contributed by atoms with E-state index < -0.39 is 0 Å². The van der Waals surface area contributed by atoms with Gasteiger partial charge in [-0.2, -0.15) is 0 Å². The summed E-state index contributed by atoms with van der Waals surface area (Å²) in [4.78, 5) is 19.5. The Labute approximate surface area is 171 Å². The van der Waals surface area contributed by atoms with Crippen LogP contribution in [0.15, 0.2) is 42.5 Å². The van der Waals surface area contributed by atoms with Gasteiger partial charge in [0.05, 0.1) is 13.7 Å². The molecule has 2 aromatic rings. The molecule has 1 amide bonds. The number of rotatable bonds is 5. The van der Waals surface area contributed by atoms with E-state index in [9.17, 15) is 9.18 Å². The van der Waals surface area contributed by atoms with Crippen LogP contribution in [0.2, 0.25) is 0 Å². The summed E-state index contributed by atoms with van der Waals surface area (Å²) in [5.74, 6) is 0.637. The molecule has 5 nitrogen and oxygen atoms in total. The van der Waals surface area contributed by atoms with Crippen molar-refractivity contribution in [2.75, 3.05) is 44.7 Å². The van der Waals surface area contributed by atoms with Gasteiger partial charge in [0.25, 0.3) is 0 Å². The van der Waals surface area contributed by atoms with Crippen molar-refractivity contribution in [3.63, 3.8) is 0 Å². The number of anilines is 1. The average molecular weight is 397 g/mol. The number of para-hydroxylation sites is 1. The number of methoxy groups -OCH3 is 1. The minimum absolute atomic E-state index is 0.169. The molecule has 2 heterocycles. The van der Waals surface area contributed by atoms with Crippen molar-refractivity contribution >= 4 is 11.6 Å². The summed E-state index contributed by atoms with van der Waals surface area (Å²) in [6, 6.07) is 13.0. The summed E-state index contributed by atoms with van der Waals surface area (Å²) in [5, 5.41) is 0. The van der Waals surface area contributed by atoms with Crippen LogP contribution in [0.1, 0.15) is 18.1 Å². The zero-order valence-corrected chi connectivity index (χ0v) is 17.1. The largest absolute Gasteiger partial charge is 0.496 e. The van der Waals surface area contributed by atoms with E-state index in [0.717, 1.165) is 43.9 Å². The van der Waals surface area contributed by atoms with Crippen molar-refractivity contribution in [2.45, 2.75) is 25.9 Å². The van der Waals surface area contributed by atoms with Crippen LogP contribution < -0.4 is 9.64 Å². The molecule has 2 aromatic carbocycles. The molecule has 0 bridgehead atoms. The van der Waals surface area contributed by atoms with Gasteiger partial charge in [0.1, 0.15) is 11.6 Å². The van der Waals surface area contributed by atoms with Crippen LogP contribution in [0.25, 0.3) is 0 Å². The van der Waals surface area contributed by atoms with Gasteiger partial charge in [-0.05, 0) is 43.2 Å². The van der Waals surface area contributed by atoms with Crippen molar-refractivity contribution in [3.8, 4) is 5.75 Å². The Morgan fingerprint density at radius 2 is 1.83 bits per heavy atom. The van der Waals surface area contributed by atoms with E-state index in [1.807, 2.05) is 23.1 Å². The monoisotopic (exact) mass is 397 g/mol. The number of carbonyl (C=O) groups is 1. The molecular weight excluding hydrogens is 369 g/mol. The second-order valence-electron chi connectivity index (χ2n) is 7.95. The van der Waals surface area contributed by atoms with E-state index >= 15 is 0 Å². The smallest absolute Gasteiger partial charge is 0.241 e. The molecule has 29 heavy (non-hydrogen) atoms. The summed E-state index contributed by atoms with van der Waals surface area (Å²) in [5.41, 5.74) is 3.17. The first-order valence-corrected chi connectivity index (χ1v) is 10.2. The molecule has 0 saturated carbocycles. The number of piperazine rings is 1. The minimum Gasteiger partial charge on any atom is -0.496 e. The molecule has 0 spiro atoms. The SMILES string of the molecule is COc1ccc(F)cc1CN1CCN(CC(=O)N2c3ccccc3C[C@@H]2C)CC1. The number of halogens is 1. The van der Waals surface area contributed by atoms with Gasteiger partial charge in [-0.15, -0.1) is 0 Å². The van der Waals surface area contributed by atoms with E-state index in [4.69, 9.17) is 4.74 Å². The van der Waals surface area contributed by atoms with E-state index in [1.54, 1.807) is 19.2 Å². The molecule has 6 heteroatoms. The third-order valence-corrected chi connectivity index (χ3v) is 5.94. The average Bonchev–Trinajstić information content (AvgIpc) is 3.05. The lowest BCUT2D eigenvalue weighted by Crippen LogP contribution is -2.50. The normalized spacial score (nSPS) is 20.0. The zero-order valence-electron chi connectivity index (χ0n) is 17.1. The van der Waals surface area contributed by atoms with Crippen molar-refractivity contribution in [1.29, 1.82) is 0 Å². The maximum Gasteiger partial charge on any atom is 0.241 e. The van der Waals surface area contributed by atoms with Gasteiger partial charge in [-0.25, -0.2) is 4.39 Å².